The third-order valence-electron chi connectivity index (χ3n) is 5.91. The molecule has 3 aromatic rings. The minimum Gasteiger partial charge on any atom is -0.463 e. The number of ether oxygens (including phenoxy) is 4. The summed E-state index contributed by atoms with van der Waals surface area (Å²) in [6, 6.07) is 14.1. The summed E-state index contributed by atoms with van der Waals surface area (Å²) >= 11 is 6.03. The Morgan fingerprint density at radius 1 is 0.951 bits per heavy atom. The SMILES string of the molecule is CC(=O)OC[C@H]1O[C@@H](n2cc(CN(c3ccc(Cl)cc3)S(=O)(=O)c3ccccc3)nn2)[C@H](OC(C)=O)[C@@H]1OC(C)=O. The molecule has 4 rings (SSSR count). The molecule has 15 heteroatoms. The largest absolute Gasteiger partial charge is 0.463 e. The maximum atomic E-state index is 13.6. The minimum absolute atomic E-state index is 0.0638. The van der Waals surface area contributed by atoms with E-state index in [4.69, 9.17) is 30.5 Å². The fraction of sp³-hybridized carbons (Fsp3) is 0.346. The number of nitrogens with zero attached hydrogens (tertiary/aromatic N) is 4. The molecule has 1 aliphatic heterocycles. The first-order valence-corrected chi connectivity index (χ1v) is 14.1. The van der Waals surface area contributed by atoms with E-state index in [1.165, 1.54) is 43.8 Å². The van der Waals surface area contributed by atoms with Gasteiger partial charge in [0.25, 0.3) is 10.0 Å². The lowest BCUT2D eigenvalue weighted by atomic mass is 10.1. The highest BCUT2D eigenvalue weighted by Crippen LogP contribution is 2.34. The Hall–Kier alpha value is -4.01. The second kappa shape index (κ2) is 12.7. The lowest BCUT2D eigenvalue weighted by molar-refractivity contribution is -0.166. The zero-order valence-electron chi connectivity index (χ0n) is 22.2. The van der Waals surface area contributed by atoms with E-state index in [-0.39, 0.29) is 23.7 Å². The van der Waals surface area contributed by atoms with Crippen molar-refractivity contribution in [1.82, 2.24) is 15.0 Å². The van der Waals surface area contributed by atoms with Crippen LogP contribution in [0.2, 0.25) is 5.02 Å². The van der Waals surface area contributed by atoms with Gasteiger partial charge in [-0.25, -0.2) is 13.1 Å². The van der Waals surface area contributed by atoms with Crippen molar-refractivity contribution in [1.29, 1.82) is 0 Å². The normalized spacial score (nSPS) is 20.3. The number of esters is 3. The van der Waals surface area contributed by atoms with Crippen molar-refractivity contribution in [3.05, 3.63) is 71.5 Å². The Bertz CT molecular complexity index is 1500. The first-order chi connectivity index (χ1) is 19.5. The second-order valence-corrected chi connectivity index (χ2v) is 11.3. The predicted octanol–water partition coefficient (Wildman–Crippen LogP) is 2.65. The van der Waals surface area contributed by atoms with Crippen molar-refractivity contribution in [3.63, 3.8) is 0 Å². The number of halogens is 1. The van der Waals surface area contributed by atoms with Gasteiger partial charge in [-0.2, -0.15) is 0 Å². The van der Waals surface area contributed by atoms with E-state index in [1.54, 1.807) is 42.5 Å². The topological polar surface area (TPSA) is 156 Å². The smallest absolute Gasteiger partial charge is 0.303 e. The summed E-state index contributed by atoms with van der Waals surface area (Å²) in [5.41, 5.74) is 0.552. The lowest BCUT2D eigenvalue weighted by Gasteiger charge is -2.24. The fourth-order valence-electron chi connectivity index (χ4n) is 4.21. The van der Waals surface area contributed by atoms with E-state index in [0.717, 1.165) is 4.31 Å². The predicted molar refractivity (Wildman–Crippen MR) is 143 cm³/mol. The molecule has 0 saturated carbocycles. The standard InChI is InChI=1S/C26H27ClN4O9S/c1-16(32)37-15-23-24(38-17(2)33)25(39-18(3)34)26(40-23)30-13-20(28-29-30)14-31(21-11-9-19(27)10-12-21)41(35,36)22-7-5-4-6-8-22/h4-13,23-26H,14-15H2,1-3H3/t23-,24-,25-,26-/m1/s1. The number of benzene rings is 2. The van der Waals surface area contributed by atoms with E-state index in [2.05, 4.69) is 10.3 Å². The monoisotopic (exact) mass is 606 g/mol. The van der Waals surface area contributed by atoms with Crippen molar-refractivity contribution in [3.8, 4) is 0 Å². The number of anilines is 1. The Morgan fingerprint density at radius 2 is 1.59 bits per heavy atom. The van der Waals surface area contributed by atoms with Gasteiger partial charge in [0, 0.05) is 25.8 Å². The molecule has 4 atom stereocenters. The van der Waals surface area contributed by atoms with Gasteiger partial charge >= 0.3 is 17.9 Å². The summed E-state index contributed by atoms with van der Waals surface area (Å²) in [5, 5.41) is 8.62. The lowest BCUT2D eigenvalue weighted by Crippen LogP contribution is -2.40. The average Bonchev–Trinajstić information content (AvgIpc) is 3.51. The van der Waals surface area contributed by atoms with Crippen molar-refractivity contribution in [2.24, 2.45) is 0 Å². The van der Waals surface area contributed by atoms with Crippen LogP contribution in [0.25, 0.3) is 0 Å². The van der Waals surface area contributed by atoms with Crippen molar-refractivity contribution < 1.29 is 41.7 Å². The van der Waals surface area contributed by atoms with Crippen molar-refractivity contribution >= 4 is 45.2 Å². The fourth-order valence-corrected chi connectivity index (χ4v) is 5.79. The molecule has 1 saturated heterocycles. The summed E-state index contributed by atoms with van der Waals surface area (Å²) in [6.45, 7) is 3.03. The van der Waals surface area contributed by atoms with Gasteiger partial charge in [-0.3, -0.25) is 18.7 Å². The average molecular weight is 607 g/mol. The highest BCUT2D eigenvalue weighted by molar-refractivity contribution is 7.92. The maximum Gasteiger partial charge on any atom is 0.303 e. The van der Waals surface area contributed by atoms with Crippen LogP contribution in [0.3, 0.4) is 0 Å². The quantitative estimate of drug-likeness (QED) is 0.247. The highest BCUT2D eigenvalue weighted by Gasteiger charge is 2.51. The van der Waals surface area contributed by atoms with E-state index < -0.39 is 52.5 Å². The van der Waals surface area contributed by atoms with E-state index in [1.807, 2.05) is 0 Å². The number of sulfonamides is 1. The van der Waals surface area contributed by atoms with E-state index in [0.29, 0.717) is 10.7 Å². The molecule has 41 heavy (non-hydrogen) atoms. The van der Waals surface area contributed by atoms with E-state index in [9.17, 15) is 22.8 Å². The third-order valence-corrected chi connectivity index (χ3v) is 7.95. The molecule has 1 fully saturated rings. The minimum atomic E-state index is -4.04. The van der Waals surface area contributed by atoms with Crippen LogP contribution in [0.1, 0.15) is 32.7 Å². The number of hydrogen-bond acceptors (Lipinski definition) is 11. The summed E-state index contributed by atoms with van der Waals surface area (Å²) in [6.07, 6.45) is -3.01. The number of hydrogen-bond donors (Lipinski definition) is 0. The molecule has 0 amide bonds. The first-order valence-electron chi connectivity index (χ1n) is 12.3. The molecular formula is C26H27ClN4O9S. The first kappa shape index (κ1) is 30.0. The molecule has 0 N–H and O–H groups in total. The molecule has 0 radical (unpaired) electrons. The molecule has 0 spiro atoms. The molecule has 2 heterocycles. The highest BCUT2D eigenvalue weighted by atomic mass is 35.5. The number of carbonyl (C=O) groups excluding carboxylic acids is 3. The Balaban J connectivity index is 1.67. The summed E-state index contributed by atoms with van der Waals surface area (Å²) in [5.74, 6) is -1.95. The molecular weight excluding hydrogens is 580 g/mol. The third kappa shape index (κ3) is 7.20. The molecule has 0 bridgehead atoms. The number of aromatic nitrogens is 3. The zero-order valence-corrected chi connectivity index (χ0v) is 23.8. The molecule has 1 aromatic heterocycles. The molecule has 2 aromatic carbocycles. The van der Waals surface area contributed by atoms with Crippen LogP contribution < -0.4 is 4.31 Å². The van der Waals surface area contributed by atoms with Crippen LogP contribution >= 0.6 is 11.6 Å². The van der Waals surface area contributed by atoms with Crippen LogP contribution in [0, 0.1) is 0 Å². The molecule has 0 aliphatic carbocycles. The molecule has 218 valence electrons. The Kier molecular flexibility index (Phi) is 9.25. The summed E-state index contributed by atoms with van der Waals surface area (Å²) in [7, 11) is -4.04. The van der Waals surface area contributed by atoms with Crippen LogP contribution in [-0.4, -0.2) is 66.2 Å². The zero-order chi connectivity index (χ0) is 29.7. The summed E-state index contributed by atoms with van der Waals surface area (Å²) < 4.78 is 51.4. The number of carbonyl (C=O) groups is 3. The molecule has 1 aliphatic rings. The van der Waals surface area contributed by atoms with Gasteiger partial charge in [-0.1, -0.05) is 35.0 Å². The summed E-state index contributed by atoms with van der Waals surface area (Å²) in [4.78, 5) is 35.2. The number of rotatable bonds is 10. The van der Waals surface area contributed by atoms with E-state index >= 15 is 0 Å². The van der Waals surface area contributed by atoms with Crippen LogP contribution in [0.5, 0.6) is 0 Å². The van der Waals surface area contributed by atoms with Crippen molar-refractivity contribution in [2.75, 3.05) is 10.9 Å². The molecule has 13 nitrogen and oxygen atoms in total. The van der Waals surface area contributed by atoms with Crippen molar-refractivity contribution in [2.45, 2.75) is 56.8 Å². The van der Waals surface area contributed by atoms with Gasteiger partial charge < -0.3 is 18.9 Å². The van der Waals surface area contributed by atoms with Gasteiger partial charge in [0.2, 0.25) is 0 Å². The Labute approximate surface area is 240 Å². The van der Waals surface area contributed by atoms with Gasteiger partial charge in [0.05, 0.1) is 23.3 Å². The van der Waals surface area contributed by atoms with Gasteiger partial charge in [0.15, 0.2) is 18.4 Å². The van der Waals surface area contributed by atoms with Gasteiger partial charge in [-0.15, -0.1) is 5.10 Å². The van der Waals surface area contributed by atoms with Crippen LogP contribution in [0.4, 0.5) is 5.69 Å². The second-order valence-electron chi connectivity index (χ2n) is 9.01. The molecule has 0 unspecified atom stereocenters. The van der Waals surface area contributed by atoms with Gasteiger partial charge in [0.1, 0.15) is 18.4 Å². The Morgan fingerprint density at radius 3 is 2.20 bits per heavy atom. The van der Waals surface area contributed by atoms with Gasteiger partial charge in [-0.05, 0) is 36.4 Å². The van der Waals surface area contributed by atoms with Crippen LogP contribution in [-0.2, 0) is 49.9 Å². The van der Waals surface area contributed by atoms with Crippen LogP contribution in [0.15, 0.2) is 65.7 Å². The maximum absolute atomic E-state index is 13.6.